The lowest BCUT2D eigenvalue weighted by molar-refractivity contribution is -0.385. The number of hydrogen-bond acceptors (Lipinski definition) is 9. The van der Waals surface area contributed by atoms with Gasteiger partial charge in [-0.3, -0.25) is 19.8 Å². The molecule has 0 aliphatic carbocycles. The lowest BCUT2D eigenvalue weighted by Gasteiger charge is -2.12. The van der Waals surface area contributed by atoms with Gasteiger partial charge in [0.05, 0.1) is 29.6 Å². The number of rotatable bonds is 7. The molecular weight excluding hydrogens is 504 g/mol. The number of nitriles is 1. The summed E-state index contributed by atoms with van der Waals surface area (Å²) in [6.07, 6.45) is -0.207. The second kappa shape index (κ2) is 10.2. The van der Waals surface area contributed by atoms with Crippen LogP contribution in [0.5, 0.6) is 0 Å². The summed E-state index contributed by atoms with van der Waals surface area (Å²) < 4.78 is 11.3. The second-order valence-corrected chi connectivity index (χ2v) is 9.23. The van der Waals surface area contributed by atoms with E-state index in [0.29, 0.717) is 33.7 Å². The molecule has 2 amide bonds. The Kier molecular flexibility index (Phi) is 6.64. The predicted molar refractivity (Wildman–Crippen MR) is 139 cm³/mol. The lowest BCUT2D eigenvalue weighted by Crippen LogP contribution is -2.34. The van der Waals surface area contributed by atoms with Gasteiger partial charge in [-0.2, -0.15) is 5.26 Å². The molecule has 0 spiro atoms. The fourth-order valence-electron chi connectivity index (χ4n) is 4.21. The van der Waals surface area contributed by atoms with Crippen LogP contribution in [0.3, 0.4) is 0 Å². The Morgan fingerprint density at radius 2 is 2.03 bits per heavy atom. The van der Waals surface area contributed by atoms with Crippen molar-refractivity contribution in [2.24, 2.45) is 0 Å². The van der Waals surface area contributed by atoms with E-state index in [-0.39, 0.29) is 36.4 Å². The molecule has 12 heteroatoms. The molecule has 1 saturated heterocycles. The van der Waals surface area contributed by atoms with Crippen LogP contribution in [0.4, 0.5) is 16.3 Å². The average molecular weight is 527 g/mol. The molecule has 1 fully saturated rings. The number of oxazole rings is 1. The Hall–Kier alpha value is -5.31. The maximum absolute atomic E-state index is 12.7. The summed E-state index contributed by atoms with van der Waals surface area (Å²) in [5, 5.41) is 22.9. The van der Waals surface area contributed by atoms with Gasteiger partial charge in [-0.15, -0.1) is 0 Å². The predicted octanol–water partition coefficient (Wildman–Crippen LogP) is 4.55. The fourth-order valence-corrected chi connectivity index (χ4v) is 4.21. The third kappa shape index (κ3) is 5.10. The van der Waals surface area contributed by atoms with Crippen molar-refractivity contribution in [3.05, 3.63) is 81.5 Å². The minimum Gasteiger partial charge on any atom is -0.442 e. The van der Waals surface area contributed by atoms with Crippen LogP contribution in [0.2, 0.25) is 0 Å². The molecule has 0 saturated carbocycles. The van der Waals surface area contributed by atoms with E-state index in [2.05, 4.69) is 21.4 Å². The Labute approximate surface area is 222 Å². The number of amides is 2. The van der Waals surface area contributed by atoms with Gasteiger partial charge < -0.3 is 14.5 Å². The van der Waals surface area contributed by atoms with Crippen molar-refractivity contribution >= 4 is 34.6 Å². The highest BCUT2D eigenvalue weighted by molar-refractivity contribution is 5.95. The Morgan fingerprint density at radius 1 is 1.26 bits per heavy atom. The number of pyridine rings is 1. The van der Waals surface area contributed by atoms with E-state index >= 15 is 0 Å². The van der Waals surface area contributed by atoms with Gasteiger partial charge in [-0.25, -0.2) is 14.8 Å². The lowest BCUT2D eigenvalue weighted by atomic mass is 10.00. The van der Waals surface area contributed by atoms with Gasteiger partial charge in [0.15, 0.2) is 5.58 Å². The monoisotopic (exact) mass is 526 g/mol. The minimum absolute atomic E-state index is 0.0696. The first-order chi connectivity index (χ1) is 18.7. The molecule has 0 bridgehead atoms. The number of cyclic esters (lactones) is 1. The number of hydrogen-bond donors (Lipinski definition) is 1. The van der Waals surface area contributed by atoms with Crippen molar-refractivity contribution in [2.75, 3.05) is 18.0 Å². The maximum Gasteiger partial charge on any atom is 0.416 e. The first kappa shape index (κ1) is 25.3. The van der Waals surface area contributed by atoms with Crippen LogP contribution in [0, 0.1) is 21.4 Å². The Bertz CT molecular complexity index is 1620. The van der Waals surface area contributed by atoms with Crippen LogP contribution >= 0.6 is 0 Å². The number of carbonyl (C=O) groups excluding carboxylic acids is 2. The molecule has 5 rings (SSSR count). The molecule has 1 unspecified atom stereocenters. The topological polar surface area (TPSA) is 164 Å². The van der Waals surface area contributed by atoms with Crippen molar-refractivity contribution in [1.29, 1.82) is 5.26 Å². The number of fused-ring (bicyclic) bond motifs is 1. The first-order valence-corrected chi connectivity index (χ1v) is 12.0. The zero-order valence-electron chi connectivity index (χ0n) is 21.0. The molecule has 2 aromatic carbocycles. The zero-order valence-corrected chi connectivity index (χ0v) is 21.0. The van der Waals surface area contributed by atoms with Crippen LogP contribution in [-0.2, 0) is 4.74 Å². The number of nitrogens with one attached hydrogen (secondary N) is 1. The normalized spacial score (nSPS) is 14.9. The number of aromatic nitrogens is 2. The summed E-state index contributed by atoms with van der Waals surface area (Å²) in [6, 6.07) is 15.0. The van der Waals surface area contributed by atoms with E-state index in [0.717, 1.165) is 11.8 Å². The average Bonchev–Trinajstić information content (AvgIpc) is 3.54. The smallest absolute Gasteiger partial charge is 0.416 e. The highest BCUT2D eigenvalue weighted by atomic mass is 16.6. The summed E-state index contributed by atoms with van der Waals surface area (Å²) in [7, 11) is 0. The van der Waals surface area contributed by atoms with Crippen LogP contribution in [0.1, 0.15) is 41.3 Å². The number of ether oxygens (including phenoxy) is 1. The van der Waals surface area contributed by atoms with Crippen LogP contribution < -0.4 is 10.2 Å². The zero-order chi connectivity index (χ0) is 27.7. The minimum atomic E-state index is -0.652. The third-order valence-corrected chi connectivity index (χ3v) is 6.25. The van der Waals surface area contributed by atoms with E-state index in [4.69, 9.17) is 9.15 Å². The Morgan fingerprint density at radius 3 is 2.67 bits per heavy atom. The molecular formula is C27H22N6O6. The molecule has 0 radical (unpaired) electrons. The quantitative estimate of drug-likeness (QED) is 0.269. The number of nitrogens with zero attached hydrogens (tertiary/aromatic N) is 5. The van der Waals surface area contributed by atoms with E-state index in [9.17, 15) is 25.0 Å². The number of anilines is 1. The van der Waals surface area contributed by atoms with Gasteiger partial charge in [-0.1, -0.05) is 13.8 Å². The summed E-state index contributed by atoms with van der Waals surface area (Å²) in [5.74, 6) is 0.387. The highest BCUT2D eigenvalue weighted by Crippen LogP contribution is 2.31. The third-order valence-electron chi connectivity index (χ3n) is 6.25. The number of carbonyl (C=O) groups is 2. The molecule has 1 aliphatic heterocycles. The van der Waals surface area contributed by atoms with Crippen molar-refractivity contribution in [3.8, 4) is 17.5 Å². The maximum atomic E-state index is 12.7. The van der Waals surface area contributed by atoms with Gasteiger partial charge in [-0.05, 0) is 48.4 Å². The molecule has 196 valence electrons. The van der Waals surface area contributed by atoms with Crippen molar-refractivity contribution < 1.29 is 23.7 Å². The van der Waals surface area contributed by atoms with Gasteiger partial charge >= 0.3 is 6.09 Å². The van der Waals surface area contributed by atoms with Crippen molar-refractivity contribution in [3.63, 3.8) is 0 Å². The summed E-state index contributed by atoms with van der Waals surface area (Å²) in [4.78, 5) is 44.9. The number of benzene rings is 2. The van der Waals surface area contributed by atoms with E-state index in [1.165, 1.54) is 17.0 Å². The first-order valence-electron chi connectivity index (χ1n) is 12.0. The van der Waals surface area contributed by atoms with E-state index in [1.807, 2.05) is 13.8 Å². The van der Waals surface area contributed by atoms with Gasteiger partial charge in [0, 0.05) is 22.8 Å². The molecule has 3 heterocycles. The van der Waals surface area contributed by atoms with Gasteiger partial charge in [0.1, 0.15) is 23.6 Å². The molecule has 2 aromatic heterocycles. The molecule has 1 aliphatic rings. The van der Waals surface area contributed by atoms with Gasteiger partial charge in [0.25, 0.3) is 11.6 Å². The fraction of sp³-hybridized carbons (Fsp3) is 0.222. The Balaban J connectivity index is 1.23. The second-order valence-electron chi connectivity index (χ2n) is 9.23. The van der Waals surface area contributed by atoms with Crippen molar-refractivity contribution in [1.82, 2.24) is 15.3 Å². The summed E-state index contributed by atoms with van der Waals surface area (Å²) >= 11 is 0. The highest BCUT2D eigenvalue weighted by Gasteiger charge is 2.33. The largest absolute Gasteiger partial charge is 0.442 e. The molecule has 39 heavy (non-hydrogen) atoms. The number of nitro groups is 1. The van der Waals surface area contributed by atoms with Crippen LogP contribution in [0.15, 0.2) is 59.1 Å². The van der Waals surface area contributed by atoms with Gasteiger partial charge in [0.2, 0.25) is 5.89 Å². The van der Waals surface area contributed by atoms with Crippen LogP contribution in [-0.4, -0.2) is 46.1 Å². The molecule has 12 nitrogen and oxygen atoms in total. The van der Waals surface area contributed by atoms with E-state index < -0.39 is 17.1 Å². The SMILES string of the molecule is CC(C)c1cc(C#N)cc2nc(-c3ccc(C(=O)NCC4CN(c5ccc([N+](=O)[O-])cn5)C(=O)O4)cc3)oc12. The molecule has 1 N–H and O–H groups in total. The van der Waals surface area contributed by atoms with E-state index in [1.54, 1.807) is 36.4 Å². The standard InChI is InChI=1S/C27H22N6O6/c1-15(2)21-9-16(11-28)10-22-24(21)39-26(31-22)18-5-3-17(4-6-18)25(34)30-13-20-14-32(27(35)38-20)23-8-7-19(12-29-23)33(36)37/h3-10,12,15,20H,13-14H2,1-2H3,(H,30,34). The molecule has 1 atom stereocenters. The van der Waals surface area contributed by atoms with Crippen LogP contribution in [0.25, 0.3) is 22.6 Å². The molecule has 4 aromatic rings. The summed E-state index contributed by atoms with van der Waals surface area (Å²) in [6.45, 7) is 4.23. The van der Waals surface area contributed by atoms with Crippen molar-refractivity contribution in [2.45, 2.75) is 25.9 Å². The summed E-state index contributed by atoms with van der Waals surface area (Å²) in [5.41, 5.74) is 3.51.